The third kappa shape index (κ3) is 3.38. The normalized spacial score (nSPS) is 23.5. The lowest BCUT2D eigenvalue weighted by Gasteiger charge is -2.36. The zero-order valence-electron chi connectivity index (χ0n) is 12.6. The Hall–Kier alpha value is -2.37. The number of benzene rings is 1. The zero-order valence-corrected chi connectivity index (χ0v) is 13.4. The lowest BCUT2D eigenvalue weighted by atomic mass is 10.2. The number of amides is 1. The summed E-state index contributed by atoms with van der Waals surface area (Å²) in [6.07, 6.45) is -1.23. The SMILES string of the molecule is O=C(O)[C@H]1CN(c2cc(F)c(N3C=CS(O)(O)CC3)c(F)c2)C(=O)O1. The molecule has 3 N–H and O–H groups in total. The van der Waals surface area contributed by atoms with Crippen molar-refractivity contribution in [1.29, 1.82) is 0 Å². The second-order valence-electron chi connectivity index (χ2n) is 5.48. The molecule has 0 bridgehead atoms. The molecule has 0 radical (unpaired) electrons. The van der Waals surface area contributed by atoms with Gasteiger partial charge in [0.15, 0.2) is 11.6 Å². The summed E-state index contributed by atoms with van der Waals surface area (Å²) in [5.74, 6) is -3.39. The van der Waals surface area contributed by atoms with Gasteiger partial charge in [-0.2, -0.15) is 10.6 Å². The highest BCUT2D eigenvalue weighted by molar-refractivity contribution is 8.26. The maximum Gasteiger partial charge on any atom is 0.415 e. The summed E-state index contributed by atoms with van der Waals surface area (Å²) in [7, 11) is -2.88. The molecule has 3 rings (SSSR count). The van der Waals surface area contributed by atoms with Gasteiger partial charge in [-0.1, -0.05) is 0 Å². The predicted molar refractivity (Wildman–Crippen MR) is 85.8 cm³/mol. The van der Waals surface area contributed by atoms with E-state index in [0.29, 0.717) is 0 Å². The highest BCUT2D eigenvalue weighted by Gasteiger charge is 2.37. The molecule has 0 saturated carbocycles. The fraction of sp³-hybridized carbons (Fsp3) is 0.286. The number of carboxylic acid groups (broad SMARTS) is 1. The third-order valence-corrected chi connectivity index (χ3v) is 5.12. The Balaban J connectivity index is 1.89. The summed E-state index contributed by atoms with van der Waals surface area (Å²) < 4.78 is 52.4. The second kappa shape index (κ2) is 6.17. The van der Waals surface area contributed by atoms with Gasteiger partial charge in [-0.15, -0.1) is 0 Å². The van der Waals surface area contributed by atoms with Crippen molar-refractivity contribution in [1.82, 2.24) is 0 Å². The molecule has 1 atom stereocenters. The Morgan fingerprint density at radius 1 is 1.28 bits per heavy atom. The van der Waals surface area contributed by atoms with E-state index in [1.165, 1.54) is 11.1 Å². The number of hydrogen-bond donors (Lipinski definition) is 3. The molecule has 136 valence electrons. The van der Waals surface area contributed by atoms with Crippen LogP contribution in [0.15, 0.2) is 23.7 Å². The van der Waals surface area contributed by atoms with Gasteiger partial charge in [-0.3, -0.25) is 14.0 Å². The molecule has 2 heterocycles. The monoisotopic (exact) mass is 376 g/mol. The number of carbonyl (C=O) groups excluding carboxylic acids is 1. The van der Waals surface area contributed by atoms with E-state index in [1.807, 2.05) is 0 Å². The van der Waals surface area contributed by atoms with Gasteiger partial charge in [0, 0.05) is 30.3 Å². The van der Waals surface area contributed by atoms with E-state index in [-0.39, 0.29) is 24.5 Å². The van der Waals surface area contributed by atoms with Crippen molar-refractivity contribution in [2.75, 3.05) is 28.6 Å². The van der Waals surface area contributed by atoms with Crippen LogP contribution in [0.2, 0.25) is 0 Å². The number of rotatable bonds is 3. The van der Waals surface area contributed by atoms with Gasteiger partial charge < -0.3 is 14.7 Å². The molecule has 1 aromatic carbocycles. The van der Waals surface area contributed by atoms with Gasteiger partial charge in [0.05, 0.1) is 18.0 Å². The van der Waals surface area contributed by atoms with Gasteiger partial charge in [-0.05, 0) is 0 Å². The summed E-state index contributed by atoms with van der Waals surface area (Å²) in [6.45, 7) is -0.365. The van der Waals surface area contributed by atoms with Gasteiger partial charge in [0.1, 0.15) is 5.69 Å². The maximum atomic E-state index is 14.4. The van der Waals surface area contributed by atoms with Crippen LogP contribution in [0.1, 0.15) is 0 Å². The average molecular weight is 376 g/mol. The minimum Gasteiger partial charge on any atom is -0.478 e. The first-order valence-corrected chi connectivity index (χ1v) is 8.86. The Morgan fingerprint density at radius 2 is 1.92 bits per heavy atom. The van der Waals surface area contributed by atoms with Crippen molar-refractivity contribution in [2.45, 2.75) is 6.10 Å². The largest absolute Gasteiger partial charge is 0.478 e. The van der Waals surface area contributed by atoms with E-state index in [1.54, 1.807) is 0 Å². The first-order valence-electron chi connectivity index (χ1n) is 7.09. The molecule has 1 fully saturated rings. The molecule has 2 aliphatic rings. The summed E-state index contributed by atoms with van der Waals surface area (Å²) in [5, 5.41) is 9.94. The van der Waals surface area contributed by atoms with E-state index in [9.17, 15) is 27.5 Å². The van der Waals surface area contributed by atoms with Crippen LogP contribution in [0.25, 0.3) is 0 Å². The molecule has 1 aromatic rings. The number of halogens is 2. The van der Waals surface area contributed by atoms with E-state index >= 15 is 0 Å². The van der Waals surface area contributed by atoms with E-state index in [4.69, 9.17) is 5.11 Å². The number of ether oxygens (including phenoxy) is 1. The van der Waals surface area contributed by atoms with Crippen molar-refractivity contribution < 1.29 is 37.3 Å². The molecule has 0 unspecified atom stereocenters. The van der Waals surface area contributed by atoms with Crippen LogP contribution in [0.3, 0.4) is 0 Å². The topological polar surface area (TPSA) is 111 Å². The highest BCUT2D eigenvalue weighted by Crippen LogP contribution is 2.43. The highest BCUT2D eigenvalue weighted by atomic mass is 32.3. The molecular formula is C14H14F2N2O6S. The van der Waals surface area contributed by atoms with Crippen LogP contribution in [-0.4, -0.2) is 51.2 Å². The molecule has 1 saturated heterocycles. The Bertz CT molecular complexity index is 749. The van der Waals surface area contributed by atoms with E-state index in [2.05, 4.69) is 4.74 Å². The van der Waals surface area contributed by atoms with Gasteiger partial charge in [0.25, 0.3) is 0 Å². The molecule has 8 nitrogen and oxygen atoms in total. The number of cyclic esters (lactones) is 1. The number of carboxylic acids is 1. The summed E-state index contributed by atoms with van der Waals surface area (Å²) in [5.41, 5.74) is -0.574. The van der Waals surface area contributed by atoms with Gasteiger partial charge in [0.2, 0.25) is 6.10 Å². The summed E-state index contributed by atoms with van der Waals surface area (Å²) in [4.78, 5) is 24.6. The molecule has 25 heavy (non-hydrogen) atoms. The first kappa shape index (κ1) is 17.5. The molecule has 11 heteroatoms. The number of anilines is 2. The fourth-order valence-electron chi connectivity index (χ4n) is 2.52. The van der Waals surface area contributed by atoms with Crippen molar-refractivity contribution in [3.63, 3.8) is 0 Å². The van der Waals surface area contributed by atoms with Gasteiger partial charge >= 0.3 is 12.1 Å². The fourth-order valence-corrected chi connectivity index (χ4v) is 3.46. The van der Waals surface area contributed by atoms with Crippen LogP contribution in [0.4, 0.5) is 25.0 Å². The van der Waals surface area contributed by atoms with Crippen LogP contribution in [0, 0.1) is 11.6 Å². The minimum atomic E-state index is -2.88. The van der Waals surface area contributed by atoms with Gasteiger partial charge in [-0.25, -0.2) is 18.4 Å². The number of hydrogen-bond acceptors (Lipinski definition) is 6. The van der Waals surface area contributed by atoms with Crippen LogP contribution in [0.5, 0.6) is 0 Å². The molecular weight excluding hydrogens is 362 g/mol. The first-order chi connectivity index (χ1) is 11.7. The summed E-state index contributed by atoms with van der Waals surface area (Å²) in [6, 6.07) is 1.79. The second-order valence-corrected chi connectivity index (χ2v) is 7.59. The number of nitrogens with zero attached hydrogens (tertiary/aromatic N) is 2. The van der Waals surface area contributed by atoms with Crippen LogP contribution >= 0.6 is 10.6 Å². The zero-order chi connectivity index (χ0) is 18.4. The number of carbonyl (C=O) groups is 2. The van der Waals surface area contributed by atoms with Crippen molar-refractivity contribution in [3.05, 3.63) is 35.4 Å². The maximum absolute atomic E-state index is 14.4. The predicted octanol–water partition coefficient (Wildman–Crippen LogP) is 2.42. The number of aliphatic carboxylic acids is 1. The Morgan fingerprint density at radius 3 is 2.40 bits per heavy atom. The van der Waals surface area contributed by atoms with Crippen molar-refractivity contribution >= 4 is 34.0 Å². The summed E-state index contributed by atoms with van der Waals surface area (Å²) >= 11 is 0. The smallest absolute Gasteiger partial charge is 0.415 e. The molecule has 0 aliphatic carbocycles. The molecule has 1 amide bonds. The Kier molecular flexibility index (Phi) is 4.31. The lowest BCUT2D eigenvalue weighted by molar-refractivity contribution is -0.144. The molecule has 2 aliphatic heterocycles. The van der Waals surface area contributed by atoms with Crippen LogP contribution < -0.4 is 9.80 Å². The average Bonchev–Trinajstić information content (AvgIpc) is 2.90. The standard InChI is InChI=1S/C14H14F2N2O6S/c15-9-5-8(18-7-11(13(19)20)24-14(18)21)6-10(16)12(9)17-1-3-25(22,23)4-2-17/h1,3,5-6,11,22-23H,2,4,7H2,(H,19,20)/t11-/m1/s1. The Labute approximate surface area is 142 Å². The van der Waals surface area contributed by atoms with Crippen molar-refractivity contribution in [2.24, 2.45) is 0 Å². The van der Waals surface area contributed by atoms with Crippen molar-refractivity contribution in [3.8, 4) is 0 Å². The van der Waals surface area contributed by atoms with E-state index < -0.39 is 46.1 Å². The minimum absolute atomic E-state index is 0.00113. The molecule has 0 spiro atoms. The third-order valence-electron chi connectivity index (χ3n) is 3.78. The molecule has 0 aromatic heterocycles. The van der Waals surface area contributed by atoms with E-state index in [0.717, 1.165) is 22.4 Å². The quantitative estimate of drug-likeness (QED) is 0.743. The lowest BCUT2D eigenvalue weighted by Crippen LogP contribution is -2.29. The van der Waals surface area contributed by atoms with Crippen LogP contribution in [-0.2, 0) is 9.53 Å².